The summed E-state index contributed by atoms with van der Waals surface area (Å²) in [5.41, 5.74) is 2.78. The minimum atomic E-state index is -0.272. The first-order valence-corrected chi connectivity index (χ1v) is 10.9. The van der Waals surface area contributed by atoms with Gasteiger partial charge in [0, 0.05) is 29.4 Å². The standard InChI is InChI=1S/C23H28N2O4S/c1-14-18-12-17(27-4)8-9-19(18)29-22(14)15(2)24-23(26)25(3)13-16-7-10-21(30-6)20(11-16)28-5/h7-12,15H,13H2,1-6H3,(H,24,26). The second-order valence-corrected chi connectivity index (χ2v) is 8.02. The maximum absolute atomic E-state index is 12.8. The van der Waals surface area contributed by atoms with Gasteiger partial charge in [0.15, 0.2) is 0 Å². The third kappa shape index (κ3) is 4.51. The van der Waals surface area contributed by atoms with E-state index in [1.54, 1.807) is 37.9 Å². The van der Waals surface area contributed by atoms with Crippen molar-refractivity contribution in [2.45, 2.75) is 31.3 Å². The van der Waals surface area contributed by atoms with Gasteiger partial charge in [-0.2, -0.15) is 0 Å². The van der Waals surface area contributed by atoms with Gasteiger partial charge in [-0.3, -0.25) is 0 Å². The van der Waals surface area contributed by atoms with Crippen LogP contribution < -0.4 is 14.8 Å². The summed E-state index contributed by atoms with van der Waals surface area (Å²) in [6, 6.07) is 11.2. The summed E-state index contributed by atoms with van der Waals surface area (Å²) >= 11 is 1.63. The normalized spacial score (nSPS) is 11.9. The zero-order valence-corrected chi connectivity index (χ0v) is 19.1. The Labute approximate surface area is 181 Å². The number of methoxy groups -OCH3 is 2. The predicted molar refractivity (Wildman–Crippen MR) is 121 cm³/mol. The molecule has 0 bridgehead atoms. The molecule has 6 nitrogen and oxygen atoms in total. The number of hydrogen-bond acceptors (Lipinski definition) is 5. The van der Waals surface area contributed by atoms with E-state index in [-0.39, 0.29) is 12.1 Å². The zero-order valence-electron chi connectivity index (χ0n) is 18.2. The molecule has 2 amide bonds. The summed E-state index contributed by atoms with van der Waals surface area (Å²) in [4.78, 5) is 15.5. The van der Waals surface area contributed by atoms with Crippen molar-refractivity contribution in [3.05, 3.63) is 53.3 Å². The number of rotatable bonds is 7. The highest BCUT2D eigenvalue weighted by Crippen LogP contribution is 2.32. The Balaban J connectivity index is 1.71. The molecular weight excluding hydrogens is 400 g/mol. The van der Waals surface area contributed by atoms with Crippen molar-refractivity contribution in [3.8, 4) is 11.5 Å². The number of furan rings is 1. The maximum atomic E-state index is 12.8. The number of carbonyl (C=O) groups is 1. The van der Waals surface area contributed by atoms with Gasteiger partial charge in [0.05, 0.1) is 20.3 Å². The Kier molecular flexibility index (Phi) is 6.82. The third-order valence-electron chi connectivity index (χ3n) is 5.13. The lowest BCUT2D eigenvalue weighted by Crippen LogP contribution is -2.38. The fourth-order valence-electron chi connectivity index (χ4n) is 3.44. The van der Waals surface area contributed by atoms with Gasteiger partial charge in [-0.15, -0.1) is 11.8 Å². The van der Waals surface area contributed by atoms with Gasteiger partial charge in [0.1, 0.15) is 22.8 Å². The quantitative estimate of drug-likeness (QED) is 0.512. The van der Waals surface area contributed by atoms with Gasteiger partial charge in [-0.1, -0.05) is 6.07 Å². The number of benzene rings is 2. The number of nitrogens with zero attached hydrogens (tertiary/aromatic N) is 1. The van der Waals surface area contributed by atoms with E-state index >= 15 is 0 Å². The molecule has 0 spiro atoms. The molecule has 3 aromatic rings. The van der Waals surface area contributed by atoms with Crippen molar-refractivity contribution in [1.82, 2.24) is 10.2 Å². The van der Waals surface area contributed by atoms with Crippen LogP contribution in [0.25, 0.3) is 11.0 Å². The summed E-state index contributed by atoms with van der Waals surface area (Å²) < 4.78 is 16.7. The summed E-state index contributed by atoms with van der Waals surface area (Å²) in [6.07, 6.45) is 2.01. The predicted octanol–water partition coefficient (Wildman–Crippen LogP) is 5.38. The number of ether oxygens (including phenoxy) is 2. The van der Waals surface area contributed by atoms with Crippen molar-refractivity contribution in [2.75, 3.05) is 27.5 Å². The molecule has 1 aromatic heterocycles. The van der Waals surface area contributed by atoms with Crippen LogP contribution >= 0.6 is 11.8 Å². The molecule has 1 heterocycles. The van der Waals surface area contributed by atoms with Crippen molar-refractivity contribution in [3.63, 3.8) is 0 Å². The average molecular weight is 429 g/mol. The van der Waals surface area contributed by atoms with E-state index in [1.807, 2.05) is 56.5 Å². The van der Waals surface area contributed by atoms with Crippen molar-refractivity contribution < 1.29 is 18.7 Å². The first-order valence-electron chi connectivity index (χ1n) is 9.67. The number of urea groups is 1. The fraction of sp³-hybridized carbons (Fsp3) is 0.348. The summed E-state index contributed by atoms with van der Waals surface area (Å²) in [7, 11) is 5.07. The Bertz CT molecular complexity index is 1050. The molecule has 0 aliphatic carbocycles. The molecule has 3 rings (SSSR count). The number of nitrogens with one attached hydrogen (secondary N) is 1. The second-order valence-electron chi connectivity index (χ2n) is 7.17. The highest BCUT2D eigenvalue weighted by molar-refractivity contribution is 7.98. The maximum Gasteiger partial charge on any atom is 0.318 e. The molecule has 2 aromatic carbocycles. The molecule has 160 valence electrons. The van der Waals surface area contributed by atoms with Gasteiger partial charge >= 0.3 is 6.03 Å². The van der Waals surface area contributed by atoms with Crippen LogP contribution in [-0.2, 0) is 6.54 Å². The lowest BCUT2D eigenvalue weighted by atomic mass is 10.1. The number of aryl methyl sites for hydroxylation is 1. The van der Waals surface area contributed by atoms with Gasteiger partial charge in [0.2, 0.25) is 0 Å². The minimum absolute atomic E-state index is 0.173. The van der Waals surface area contributed by atoms with Crippen LogP contribution in [0.3, 0.4) is 0 Å². The Morgan fingerprint density at radius 1 is 1.20 bits per heavy atom. The van der Waals surface area contributed by atoms with Crippen molar-refractivity contribution >= 4 is 28.8 Å². The van der Waals surface area contributed by atoms with E-state index in [0.29, 0.717) is 6.54 Å². The largest absolute Gasteiger partial charge is 0.497 e. The van der Waals surface area contributed by atoms with Crippen molar-refractivity contribution in [1.29, 1.82) is 0 Å². The van der Waals surface area contributed by atoms with Crippen LogP contribution in [-0.4, -0.2) is 38.5 Å². The van der Waals surface area contributed by atoms with Gasteiger partial charge in [0.25, 0.3) is 0 Å². The Morgan fingerprint density at radius 3 is 2.63 bits per heavy atom. The van der Waals surface area contributed by atoms with Crippen LogP contribution in [0.4, 0.5) is 4.79 Å². The topological polar surface area (TPSA) is 63.9 Å². The molecule has 0 saturated heterocycles. The summed E-state index contributed by atoms with van der Waals surface area (Å²) in [5, 5.41) is 4.01. The first-order chi connectivity index (χ1) is 14.4. The molecule has 1 unspecified atom stereocenters. The summed E-state index contributed by atoms with van der Waals surface area (Å²) in [5.74, 6) is 2.33. The van der Waals surface area contributed by atoms with E-state index in [1.165, 1.54) is 0 Å². The molecule has 0 saturated carbocycles. The number of amides is 2. The van der Waals surface area contributed by atoms with E-state index in [2.05, 4.69) is 5.32 Å². The molecule has 0 radical (unpaired) electrons. The van der Waals surface area contributed by atoms with Crippen LogP contribution in [0.1, 0.15) is 29.9 Å². The van der Waals surface area contributed by atoms with Gasteiger partial charge in [-0.05, 0) is 56.0 Å². The Morgan fingerprint density at radius 2 is 1.97 bits per heavy atom. The molecule has 30 heavy (non-hydrogen) atoms. The molecular formula is C23H28N2O4S. The van der Waals surface area contributed by atoms with E-state index in [9.17, 15) is 4.79 Å². The average Bonchev–Trinajstić information content (AvgIpc) is 3.09. The van der Waals surface area contributed by atoms with Gasteiger partial charge < -0.3 is 24.1 Å². The highest BCUT2D eigenvalue weighted by Gasteiger charge is 2.20. The van der Waals surface area contributed by atoms with E-state index in [4.69, 9.17) is 13.9 Å². The molecule has 0 aliphatic heterocycles. The van der Waals surface area contributed by atoms with E-state index < -0.39 is 0 Å². The molecule has 1 atom stereocenters. The lowest BCUT2D eigenvalue weighted by molar-refractivity contribution is 0.202. The molecule has 7 heteroatoms. The van der Waals surface area contributed by atoms with Crippen LogP contribution in [0.5, 0.6) is 11.5 Å². The first kappa shape index (κ1) is 21.9. The lowest BCUT2D eigenvalue weighted by Gasteiger charge is -2.21. The van der Waals surface area contributed by atoms with E-state index in [0.717, 1.165) is 44.3 Å². The zero-order chi connectivity index (χ0) is 21.8. The molecule has 1 N–H and O–H groups in total. The monoisotopic (exact) mass is 428 g/mol. The molecule has 0 fully saturated rings. The molecule has 0 aliphatic rings. The van der Waals surface area contributed by atoms with Crippen LogP contribution in [0.2, 0.25) is 0 Å². The van der Waals surface area contributed by atoms with Gasteiger partial charge in [-0.25, -0.2) is 4.79 Å². The third-order valence-corrected chi connectivity index (χ3v) is 5.91. The highest BCUT2D eigenvalue weighted by atomic mass is 32.2. The van der Waals surface area contributed by atoms with Crippen LogP contribution in [0.15, 0.2) is 45.7 Å². The number of carbonyl (C=O) groups excluding carboxylic acids is 1. The van der Waals surface area contributed by atoms with Crippen LogP contribution in [0, 0.1) is 6.92 Å². The smallest absolute Gasteiger partial charge is 0.318 e. The minimum Gasteiger partial charge on any atom is -0.497 e. The fourth-order valence-corrected chi connectivity index (χ4v) is 3.99. The number of fused-ring (bicyclic) bond motifs is 1. The SMILES string of the molecule is COc1ccc2oc(C(C)NC(=O)N(C)Cc3ccc(SC)c(OC)c3)c(C)c2c1. The summed E-state index contributed by atoms with van der Waals surface area (Å²) in [6.45, 7) is 4.39. The Hall–Kier alpha value is -2.80. The second kappa shape index (κ2) is 9.34. The number of hydrogen-bond donors (Lipinski definition) is 1. The number of thioether (sulfide) groups is 1. The van der Waals surface area contributed by atoms with Crippen molar-refractivity contribution in [2.24, 2.45) is 0 Å².